The summed E-state index contributed by atoms with van der Waals surface area (Å²) in [5.41, 5.74) is 5.39. The van der Waals surface area contributed by atoms with Gasteiger partial charge in [0.15, 0.2) is 0 Å². The first-order valence-electron chi connectivity index (χ1n) is 12.4. The van der Waals surface area contributed by atoms with Crippen molar-refractivity contribution in [2.45, 2.75) is 109 Å². The van der Waals surface area contributed by atoms with Crippen molar-refractivity contribution in [3.05, 3.63) is 34.9 Å². The van der Waals surface area contributed by atoms with Crippen LogP contribution in [-0.2, 0) is 6.42 Å². The lowest BCUT2D eigenvalue weighted by Crippen LogP contribution is -2.13. The second kappa shape index (κ2) is 12.4. The summed E-state index contributed by atoms with van der Waals surface area (Å²) < 4.78 is 20.0. The van der Waals surface area contributed by atoms with Crippen LogP contribution >= 0.6 is 0 Å². The van der Waals surface area contributed by atoms with Crippen LogP contribution in [0.15, 0.2) is 18.2 Å². The van der Waals surface area contributed by atoms with Crippen molar-refractivity contribution < 1.29 is 9.13 Å². The second-order valence-corrected chi connectivity index (χ2v) is 9.02. The molecule has 0 spiro atoms. The van der Waals surface area contributed by atoms with Crippen molar-refractivity contribution >= 4 is 5.57 Å². The molecule has 1 fully saturated rings. The van der Waals surface area contributed by atoms with Crippen LogP contribution in [0.25, 0.3) is 5.57 Å². The summed E-state index contributed by atoms with van der Waals surface area (Å²) >= 11 is 0. The van der Waals surface area contributed by atoms with Gasteiger partial charge >= 0.3 is 0 Å². The van der Waals surface area contributed by atoms with E-state index in [9.17, 15) is 4.39 Å². The van der Waals surface area contributed by atoms with Gasteiger partial charge in [-0.2, -0.15) is 0 Å². The molecule has 1 aromatic rings. The second-order valence-electron chi connectivity index (χ2n) is 9.02. The quantitative estimate of drug-likeness (QED) is 0.338. The number of benzene rings is 1. The Morgan fingerprint density at radius 2 is 1.79 bits per heavy atom. The number of halogens is 1. The van der Waals surface area contributed by atoms with Crippen LogP contribution in [0.1, 0.15) is 119 Å². The fourth-order valence-electron chi connectivity index (χ4n) is 5.24. The van der Waals surface area contributed by atoms with E-state index in [0.717, 1.165) is 25.2 Å². The molecule has 0 aromatic heterocycles. The zero-order chi connectivity index (χ0) is 20.3. The lowest BCUT2D eigenvalue weighted by Gasteiger charge is -2.29. The molecule has 162 valence electrons. The molecule has 0 aliphatic heterocycles. The normalized spacial score (nSPS) is 17.9. The number of hydrogen-bond donors (Lipinski definition) is 0. The monoisotopic (exact) mass is 400 g/mol. The van der Waals surface area contributed by atoms with Crippen LogP contribution in [0.3, 0.4) is 0 Å². The Labute approximate surface area is 178 Å². The van der Waals surface area contributed by atoms with Gasteiger partial charge in [-0.15, -0.1) is 0 Å². The first-order chi connectivity index (χ1) is 14.3. The van der Waals surface area contributed by atoms with E-state index in [1.807, 2.05) is 0 Å². The summed E-state index contributed by atoms with van der Waals surface area (Å²) in [6, 6.07) is 4.45. The maximum Gasteiger partial charge on any atom is 0.123 e. The van der Waals surface area contributed by atoms with Gasteiger partial charge in [0.25, 0.3) is 0 Å². The number of ether oxygens (including phenoxy) is 1. The molecular formula is C27H41FO. The SMILES string of the molecule is CCCCCCCOc1ccc(C2=CCCCC2)c(CCF)c1C1CCCCC1. The van der Waals surface area contributed by atoms with Gasteiger partial charge in [-0.05, 0) is 73.6 Å². The van der Waals surface area contributed by atoms with Gasteiger partial charge in [-0.3, -0.25) is 4.39 Å². The molecule has 1 saturated carbocycles. The number of unbranched alkanes of at least 4 members (excludes halogenated alkanes) is 4. The molecule has 2 heteroatoms. The number of alkyl halides is 1. The van der Waals surface area contributed by atoms with E-state index in [1.54, 1.807) is 0 Å². The van der Waals surface area contributed by atoms with Crippen LogP contribution < -0.4 is 4.74 Å². The third-order valence-corrected chi connectivity index (χ3v) is 6.82. The zero-order valence-corrected chi connectivity index (χ0v) is 18.6. The average Bonchev–Trinajstić information content (AvgIpc) is 2.77. The Balaban J connectivity index is 1.85. The standard InChI is InChI=1S/C27H41FO/c1-2-3-4-5-12-21-29-26-18-17-24(22-13-8-6-9-14-22)25(19-20-28)27(26)23-15-10-7-11-16-23/h13,17-18,23H,2-12,14-16,19-21H2,1H3. The Bertz CT molecular complexity index is 642. The predicted octanol–water partition coefficient (Wildman–Crippen LogP) is 8.55. The highest BCUT2D eigenvalue weighted by Gasteiger charge is 2.25. The summed E-state index contributed by atoms with van der Waals surface area (Å²) in [6.07, 6.45) is 20.4. The Morgan fingerprint density at radius 1 is 0.966 bits per heavy atom. The number of hydrogen-bond acceptors (Lipinski definition) is 1. The molecule has 29 heavy (non-hydrogen) atoms. The maximum atomic E-state index is 13.7. The van der Waals surface area contributed by atoms with Gasteiger partial charge in [-0.1, -0.05) is 64.0 Å². The van der Waals surface area contributed by atoms with Crippen molar-refractivity contribution in [2.75, 3.05) is 13.3 Å². The van der Waals surface area contributed by atoms with Gasteiger partial charge < -0.3 is 4.74 Å². The molecule has 0 unspecified atom stereocenters. The third kappa shape index (κ3) is 6.33. The fourth-order valence-corrected chi connectivity index (χ4v) is 5.24. The van der Waals surface area contributed by atoms with E-state index < -0.39 is 0 Å². The first-order valence-corrected chi connectivity index (χ1v) is 12.4. The number of allylic oxidation sites excluding steroid dienone is 2. The summed E-state index contributed by atoms with van der Waals surface area (Å²) in [5.74, 6) is 1.60. The van der Waals surface area contributed by atoms with Crippen molar-refractivity contribution in [1.29, 1.82) is 0 Å². The molecule has 2 aliphatic rings. The molecule has 1 nitrogen and oxygen atoms in total. The molecule has 2 aliphatic carbocycles. The van der Waals surface area contributed by atoms with Crippen molar-refractivity contribution in [3.63, 3.8) is 0 Å². The van der Waals surface area contributed by atoms with Gasteiger partial charge in [0.2, 0.25) is 0 Å². The van der Waals surface area contributed by atoms with E-state index in [0.29, 0.717) is 12.3 Å². The van der Waals surface area contributed by atoms with Crippen LogP contribution in [0.4, 0.5) is 4.39 Å². The molecule has 0 heterocycles. The average molecular weight is 401 g/mol. The van der Waals surface area contributed by atoms with E-state index in [1.165, 1.54) is 99.3 Å². The fraction of sp³-hybridized carbons (Fsp3) is 0.704. The summed E-state index contributed by atoms with van der Waals surface area (Å²) in [7, 11) is 0. The minimum absolute atomic E-state index is 0.277. The highest BCUT2D eigenvalue weighted by molar-refractivity contribution is 5.71. The maximum absolute atomic E-state index is 13.7. The van der Waals surface area contributed by atoms with Crippen molar-refractivity contribution in [2.24, 2.45) is 0 Å². The molecule has 0 saturated heterocycles. The van der Waals surface area contributed by atoms with E-state index in [2.05, 4.69) is 25.1 Å². The van der Waals surface area contributed by atoms with Gasteiger partial charge in [0.1, 0.15) is 5.75 Å². The third-order valence-electron chi connectivity index (χ3n) is 6.82. The molecule has 0 bridgehead atoms. The Morgan fingerprint density at radius 3 is 2.52 bits per heavy atom. The van der Waals surface area contributed by atoms with E-state index in [4.69, 9.17) is 4.74 Å². The minimum Gasteiger partial charge on any atom is -0.493 e. The molecule has 3 rings (SSSR count). The largest absolute Gasteiger partial charge is 0.493 e. The van der Waals surface area contributed by atoms with Gasteiger partial charge in [0.05, 0.1) is 13.3 Å². The minimum atomic E-state index is -0.277. The highest BCUT2D eigenvalue weighted by atomic mass is 19.1. The van der Waals surface area contributed by atoms with Crippen LogP contribution in [0.2, 0.25) is 0 Å². The molecule has 0 N–H and O–H groups in total. The smallest absolute Gasteiger partial charge is 0.123 e. The van der Waals surface area contributed by atoms with Crippen molar-refractivity contribution in [1.82, 2.24) is 0 Å². The first kappa shape index (κ1) is 22.4. The Hall–Kier alpha value is -1.31. The van der Waals surface area contributed by atoms with Crippen LogP contribution in [0, 0.1) is 0 Å². The summed E-state index contributed by atoms with van der Waals surface area (Å²) in [6.45, 7) is 2.77. The van der Waals surface area contributed by atoms with E-state index in [-0.39, 0.29) is 6.67 Å². The van der Waals surface area contributed by atoms with Crippen LogP contribution in [-0.4, -0.2) is 13.3 Å². The highest BCUT2D eigenvalue weighted by Crippen LogP contribution is 2.43. The van der Waals surface area contributed by atoms with Gasteiger partial charge in [0, 0.05) is 12.0 Å². The lowest BCUT2D eigenvalue weighted by atomic mass is 9.78. The van der Waals surface area contributed by atoms with Gasteiger partial charge in [-0.25, -0.2) is 0 Å². The molecule has 0 atom stereocenters. The lowest BCUT2D eigenvalue weighted by molar-refractivity contribution is 0.295. The number of rotatable bonds is 11. The molecule has 0 amide bonds. The molecule has 1 aromatic carbocycles. The van der Waals surface area contributed by atoms with E-state index >= 15 is 0 Å². The summed E-state index contributed by atoms with van der Waals surface area (Å²) in [4.78, 5) is 0. The summed E-state index contributed by atoms with van der Waals surface area (Å²) in [5, 5.41) is 0. The zero-order valence-electron chi connectivity index (χ0n) is 18.6. The molecular weight excluding hydrogens is 359 g/mol. The van der Waals surface area contributed by atoms with Crippen LogP contribution in [0.5, 0.6) is 5.75 Å². The topological polar surface area (TPSA) is 9.23 Å². The Kier molecular flexibility index (Phi) is 9.57. The van der Waals surface area contributed by atoms with Crippen molar-refractivity contribution in [3.8, 4) is 5.75 Å². The molecule has 0 radical (unpaired) electrons. The predicted molar refractivity (Wildman–Crippen MR) is 123 cm³/mol.